The van der Waals surface area contributed by atoms with Gasteiger partial charge in [0, 0.05) is 31.7 Å². The molecule has 0 spiro atoms. The van der Waals surface area contributed by atoms with Crippen LogP contribution in [0.2, 0.25) is 0 Å². The summed E-state index contributed by atoms with van der Waals surface area (Å²) in [4.78, 5) is 36.7. The number of benzene rings is 1. The third kappa shape index (κ3) is 4.01. The number of aliphatic hydroxyl groups is 1. The number of likely N-dealkylation sites (tertiary alicyclic amines) is 1. The van der Waals surface area contributed by atoms with Crippen molar-refractivity contribution in [2.75, 3.05) is 6.54 Å². The number of rotatable bonds is 7. The molecule has 0 saturated carbocycles. The lowest BCUT2D eigenvalue weighted by atomic mass is 9.95. The van der Waals surface area contributed by atoms with Crippen molar-refractivity contribution in [2.45, 2.75) is 39.3 Å². The van der Waals surface area contributed by atoms with Gasteiger partial charge in [-0.3, -0.25) is 14.0 Å². The van der Waals surface area contributed by atoms with Crippen molar-refractivity contribution in [2.24, 2.45) is 0 Å². The molecule has 0 radical (unpaired) electrons. The molecule has 8 nitrogen and oxygen atoms in total. The lowest BCUT2D eigenvalue weighted by molar-refractivity contribution is -0.139. The van der Waals surface area contributed by atoms with E-state index in [1.807, 2.05) is 53.2 Å². The molecular weight excluding hydrogens is 442 g/mol. The Balaban J connectivity index is 1.60. The van der Waals surface area contributed by atoms with Crippen molar-refractivity contribution in [1.29, 1.82) is 0 Å². The molecule has 1 amide bonds. The Morgan fingerprint density at radius 1 is 1.06 bits per heavy atom. The number of hydrogen-bond acceptors (Lipinski definition) is 5. The smallest absolute Gasteiger partial charge is 0.295 e. The van der Waals surface area contributed by atoms with Crippen LogP contribution in [0, 0.1) is 6.92 Å². The van der Waals surface area contributed by atoms with E-state index < -0.39 is 17.7 Å². The maximum Gasteiger partial charge on any atom is 0.295 e. The number of amides is 1. The summed E-state index contributed by atoms with van der Waals surface area (Å²) in [5.41, 5.74) is 3.70. The Morgan fingerprint density at radius 3 is 2.57 bits per heavy atom. The quantitative estimate of drug-likeness (QED) is 0.252. The van der Waals surface area contributed by atoms with Crippen LogP contribution in [0.5, 0.6) is 0 Å². The van der Waals surface area contributed by atoms with Gasteiger partial charge in [0.05, 0.1) is 23.6 Å². The predicted molar refractivity (Wildman–Crippen MR) is 132 cm³/mol. The van der Waals surface area contributed by atoms with Gasteiger partial charge >= 0.3 is 0 Å². The number of imidazole rings is 2. The molecule has 3 aromatic heterocycles. The second-order valence-electron chi connectivity index (χ2n) is 8.72. The lowest BCUT2D eigenvalue weighted by Gasteiger charge is -2.25. The first-order valence-electron chi connectivity index (χ1n) is 11.8. The van der Waals surface area contributed by atoms with Crippen LogP contribution in [0.15, 0.2) is 73.0 Å². The van der Waals surface area contributed by atoms with Gasteiger partial charge in [-0.1, -0.05) is 37.3 Å². The summed E-state index contributed by atoms with van der Waals surface area (Å²) in [7, 11) is 0. The Kier molecular flexibility index (Phi) is 5.94. The van der Waals surface area contributed by atoms with Crippen LogP contribution >= 0.6 is 0 Å². The van der Waals surface area contributed by atoms with E-state index in [2.05, 4.69) is 16.9 Å². The number of nitrogens with zero attached hydrogens (tertiary/aromatic N) is 5. The molecule has 1 aliphatic heterocycles. The van der Waals surface area contributed by atoms with Gasteiger partial charge in [0.1, 0.15) is 11.3 Å². The van der Waals surface area contributed by atoms with Crippen LogP contribution in [0.1, 0.15) is 41.9 Å². The number of carbonyl (C=O) groups excluding carboxylic acids is 2. The van der Waals surface area contributed by atoms with Gasteiger partial charge in [0.15, 0.2) is 5.76 Å². The van der Waals surface area contributed by atoms with Gasteiger partial charge < -0.3 is 14.6 Å². The highest BCUT2D eigenvalue weighted by atomic mass is 16.3. The Hall–Kier alpha value is -4.20. The average molecular weight is 470 g/mol. The van der Waals surface area contributed by atoms with Gasteiger partial charge in [-0.2, -0.15) is 0 Å². The minimum Gasteiger partial charge on any atom is -0.505 e. The maximum absolute atomic E-state index is 13.3. The number of ketones is 1. The number of Topliss-reactive ketones (excluding diaryl/α,β-unsaturated/α-hetero) is 1. The van der Waals surface area contributed by atoms with Crippen molar-refractivity contribution in [3.8, 4) is 0 Å². The zero-order valence-electron chi connectivity index (χ0n) is 19.8. The predicted octanol–water partition coefficient (Wildman–Crippen LogP) is 3.91. The van der Waals surface area contributed by atoms with Crippen molar-refractivity contribution < 1.29 is 14.7 Å². The molecule has 4 aromatic rings. The van der Waals surface area contributed by atoms with Gasteiger partial charge in [-0.05, 0) is 43.0 Å². The van der Waals surface area contributed by atoms with Crippen molar-refractivity contribution in [3.63, 3.8) is 0 Å². The van der Waals surface area contributed by atoms with E-state index in [-0.39, 0.29) is 11.3 Å². The van der Waals surface area contributed by atoms with E-state index in [4.69, 9.17) is 0 Å². The fourth-order valence-electron chi connectivity index (χ4n) is 4.76. The van der Waals surface area contributed by atoms with Crippen molar-refractivity contribution >= 4 is 23.1 Å². The second-order valence-corrected chi connectivity index (χ2v) is 8.72. The highest BCUT2D eigenvalue weighted by molar-refractivity contribution is 6.46. The highest BCUT2D eigenvalue weighted by Crippen LogP contribution is 2.40. The van der Waals surface area contributed by atoms with Crippen LogP contribution < -0.4 is 0 Å². The zero-order chi connectivity index (χ0) is 24.5. The molecule has 4 heterocycles. The van der Waals surface area contributed by atoms with Crippen molar-refractivity contribution in [1.82, 2.24) is 23.8 Å². The second kappa shape index (κ2) is 9.21. The Bertz CT molecular complexity index is 1420. The molecule has 8 heteroatoms. The molecule has 1 unspecified atom stereocenters. The highest BCUT2D eigenvalue weighted by Gasteiger charge is 2.46. The van der Waals surface area contributed by atoms with E-state index in [9.17, 15) is 14.7 Å². The first-order chi connectivity index (χ1) is 17.0. The van der Waals surface area contributed by atoms with Gasteiger partial charge in [0.25, 0.3) is 11.7 Å². The normalized spacial score (nSPS) is 17.5. The molecule has 1 fully saturated rings. The summed E-state index contributed by atoms with van der Waals surface area (Å²) in [5, 5.41) is 11.5. The Labute approximate surface area is 203 Å². The van der Waals surface area contributed by atoms with E-state index in [0.29, 0.717) is 36.5 Å². The van der Waals surface area contributed by atoms with E-state index in [1.54, 1.807) is 34.9 Å². The molecule has 35 heavy (non-hydrogen) atoms. The average Bonchev–Trinajstić information content (AvgIpc) is 3.56. The number of pyridine rings is 1. The molecule has 1 atom stereocenters. The third-order valence-electron chi connectivity index (χ3n) is 6.55. The number of fused-ring (bicyclic) bond motifs is 1. The molecule has 178 valence electrons. The number of hydrogen-bond donors (Lipinski definition) is 1. The van der Waals surface area contributed by atoms with E-state index in [0.717, 1.165) is 17.5 Å². The minimum atomic E-state index is -0.683. The van der Waals surface area contributed by atoms with Crippen LogP contribution in [0.4, 0.5) is 0 Å². The molecule has 5 rings (SSSR count). The van der Waals surface area contributed by atoms with Crippen LogP contribution in [0.3, 0.4) is 0 Å². The largest absolute Gasteiger partial charge is 0.505 e. The van der Waals surface area contributed by atoms with Gasteiger partial charge in [0.2, 0.25) is 0 Å². The fraction of sp³-hybridized carbons (Fsp3) is 0.259. The van der Waals surface area contributed by atoms with Crippen LogP contribution in [-0.2, 0) is 22.6 Å². The van der Waals surface area contributed by atoms with Gasteiger partial charge in [-0.15, -0.1) is 0 Å². The number of aliphatic hydroxyl groups excluding tert-OH is 1. The summed E-state index contributed by atoms with van der Waals surface area (Å²) < 4.78 is 3.68. The standard InChI is InChI=1S/C27H27N5O3/c1-3-19-8-10-20(11-9-19)24-22(25(33)23-18(2)29-21-7-4-5-14-31(21)23)26(34)27(35)32(24)15-6-13-30-16-12-28-17-30/h4-5,7-12,14,16-17,24,33H,3,6,13,15H2,1-2H3/b25-22+. The summed E-state index contributed by atoms with van der Waals surface area (Å²) in [5.74, 6) is -1.49. The lowest BCUT2D eigenvalue weighted by Crippen LogP contribution is -2.31. The molecule has 0 bridgehead atoms. The molecule has 1 saturated heterocycles. The first-order valence-corrected chi connectivity index (χ1v) is 11.8. The summed E-state index contributed by atoms with van der Waals surface area (Å²) in [6.45, 7) is 4.89. The molecule has 1 aromatic carbocycles. The maximum atomic E-state index is 13.3. The van der Waals surface area contributed by atoms with Gasteiger partial charge in [-0.25, -0.2) is 9.97 Å². The number of carbonyl (C=O) groups is 2. The summed E-state index contributed by atoms with van der Waals surface area (Å²) >= 11 is 0. The SMILES string of the molecule is CCc1ccc(C2/C(=C(\O)c3c(C)nc4ccccn34)C(=O)C(=O)N2CCCn2ccnc2)cc1. The Morgan fingerprint density at radius 2 is 1.86 bits per heavy atom. The zero-order valence-corrected chi connectivity index (χ0v) is 19.8. The molecule has 0 aliphatic carbocycles. The summed E-state index contributed by atoms with van der Waals surface area (Å²) in [6, 6.07) is 12.7. The van der Waals surface area contributed by atoms with Crippen LogP contribution in [-0.4, -0.2) is 47.2 Å². The summed E-state index contributed by atoms with van der Waals surface area (Å²) in [6.07, 6.45) is 8.61. The topological polar surface area (TPSA) is 92.7 Å². The van der Waals surface area contributed by atoms with E-state index in [1.165, 1.54) is 0 Å². The molecule has 1 aliphatic rings. The third-order valence-corrected chi connectivity index (χ3v) is 6.55. The van der Waals surface area contributed by atoms with Crippen LogP contribution in [0.25, 0.3) is 11.4 Å². The van der Waals surface area contributed by atoms with Crippen molar-refractivity contribution in [3.05, 3.63) is 95.5 Å². The monoisotopic (exact) mass is 469 g/mol. The fourth-order valence-corrected chi connectivity index (χ4v) is 4.76. The molecular formula is C27H27N5O3. The number of aryl methyl sites for hydroxylation is 3. The van der Waals surface area contributed by atoms with E-state index >= 15 is 0 Å². The molecule has 1 N–H and O–H groups in total. The minimum absolute atomic E-state index is 0.0932. The first kappa shape index (κ1) is 22.6. The number of aromatic nitrogens is 4.